The lowest BCUT2D eigenvalue weighted by Crippen LogP contribution is -2.42. The number of methoxy groups -OCH3 is 2. The predicted molar refractivity (Wildman–Crippen MR) is 142 cm³/mol. The number of carbonyl (C=O) groups is 3. The van der Waals surface area contributed by atoms with Gasteiger partial charge in [-0.3, -0.25) is 14.4 Å². The third-order valence-electron chi connectivity index (χ3n) is 7.71. The Morgan fingerprint density at radius 1 is 0.927 bits per heavy atom. The van der Waals surface area contributed by atoms with E-state index in [2.05, 4.69) is 5.32 Å². The van der Waals surface area contributed by atoms with Gasteiger partial charge in [0, 0.05) is 24.3 Å². The van der Waals surface area contributed by atoms with E-state index >= 15 is 0 Å². The van der Waals surface area contributed by atoms with E-state index in [-0.39, 0.29) is 36.6 Å². The zero-order chi connectivity index (χ0) is 28.8. The fourth-order valence-electron chi connectivity index (χ4n) is 5.91. The van der Waals surface area contributed by atoms with E-state index in [1.54, 1.807) is 24.3 Å². The molecule has 1 aliphatic carbocycles. The molecule has 4 atom stereocenters. The van der Waals surface area contributed by atoms with Gasteiger partial charge in [-0.1, -0.05) is 0 Å². The summed E-state index contributed by atoms with van der Waals surface area (Å²) in [5.74, 6) is -1.27. The Labute approximate surface area is 234 Å². The van der Waals surface area contributed by atoms with Gasteiger partial charge in [0.15, 0.2) is 23.0 Å². The van der Waals surface area contributed by atoms with Crippen molar-refractivity contribution >= 4 is 17.8 Å². The van der Waals surface area contributed by atoms with Crippen LogP contribution < -0.4 is 29.0 Å². The fourth-order valence-corrected chi connectivity index (χ4v) is 5.91. The summed E-state index contributed by atoms with van der Waals surface area (Å²) < 4.78 is 32.8. The normalized spacial score (nSPS) is 21.8. The Morgan fingerprint density at radius 2 is 1.56 bits per heavy atom. The van der Waals surface area contributed by atoms with Gasteiger partial charge in [0.25, 0.3) is 5.91 Å². The van der Waals surface area contributed by atoms with Crippen molar-refractivity contribution in [1.82, 2.24) is 5.32 Å². The minimum absolute atomic E-state index is 0.0460. The van der Waals surface area contributed by atoms with Gasteiger partial charge >= 0.3 is 11.9 Å². The number of carbonyl (C=O) groups excluding carboxylic acids is 3. The van der Waals surface area contributed by atoms with Crippen LogP contribution in [0.15, 0.2) is 48.5 Å². The highest BCUT2D eigenvalue weighted by atomic mass is 16.7. The smallest absolute Gasteiger partial charge is 0.310 e. The van der Waals surface area contributed by atoms with Crippen molar-refractivity contribution < 1.29 is 47.9 Å². The van der Waals surface area contributed by atoms with Crippen LogP contribution in [0.25, 0.3) is 0 Å². The van der Waals surface area contributed by atoms with E-state index in [0.29, 0.717) is 28.4 Å². The van der Waals surface area contributed by atoms with Crippen molar-refractivity contribution in [1.29, 1.82) is 0 Å². The summed E-state index contributed by atoms with van der Waals surface area (Å²) in [7, 11) is 2.87. The number of esters is 2. The van der Waals surface area contributed by atoms with E-state index in [1.807, 2.05) is 12.1 Å². The van der Waals surface area contributed by atoms with E-state index in [9.17, 15) is 19.5 Å². The number of cyclic esters (lactones) is 1. The Balaban J connectivity index is 1.45. The molecule has 11 nitrogen and oxygen atoms in total. The Morgan fingerprint density at radius 3 is 2.17 bits per heavy atom. The summed E-state index contributed by atoms with van der Waals surface area (Å²) in [5.41, 5.74) is 2.49. The van der Waals surface area contributed by atoms with Crippen molar-refractivity contribution in [3.05, 3.63) is 70.8 Å². The summed E-state index contributed by atoms with van der Waals surface area (Å²) in [6.07, 6.45) is 0. The summed E-state index contributed by atoms with van der Waals surface area (Å²) in [4.78, 5) is 38.0. The molecule has 1 amide bonds. The highest BCUT2D eigenvalue weighted by Gasteiger charge is 2.53. The zero-order valence-electron chi connectivity index (χ0n) is 22.5. The largest absolute Gasteiger partial charge is 0.502 e. The maximum atomic E-state index is 13.5. The van der Waals surface area contributed by atoms with Crippen LogP contribution in [0.3, 0.4) is 0 Å². The molecule has 41 heavy (non-hydrogen) atoms. The van der Waals surface area contributed by atoms with Crippen LogP contribution in [0.4, 0.5) is 0 Å². The first-order valence-electron chi connectivity index (χ1n) is 12.9. The molecule has 212 valence electrons. The Kier molecular flexibility index (Phi) is 6.56. The molecule has 3 aromatic rings. The number of amides is 1. The molecule has 1 saturated heterocycles. The third kappa shape index (κ3) is 4.52. The van der Waals surface area contributed by atoms with E-state index < -0.39 is 35.7 Å². The van der Waals surface area contributed by atoms with Crippen molar-refractivity contribution in [2.75, 3.05) is 27.6 Å². The van der Waals surface area contributed by atoms with Gasteiger partial charge in [0.05, 0.1) is 32.8 Å². The first-order valence-corrected chi connectivity index (χ1v) is 12.9. The number of phenolic OH excluding ortho intramolecular Hbond substituents is 1. The van der Waals surface area contributed by atoms with Gasteiger partial charge < -0.3 is 38.8 Å². The topological polar surface area (TPSA) is 139 Å². The van der Waals surface area contributed by atoms with Crippen molar-refractivity contribution in [2.24, 2.45) is 11.8 Å². The third-order valence-corrected chi connectivity index (χ3v) is 7.71. The van der Waals surface area contributed by atoms with Gasteiger partial charge in [-0.15, -0.1) is 0 Å². The first-order chi connectivity index (χ1) is 19.8. The maximum absolute atomic E-state index is 13.5. The average molecular weight is 562 g/mol. The molecule has 6 rings (SSSR count). The Hall–Kier alpha value is -4.93. The van der Waals surface area contributed by atoms with Crippen LogP contribution in [0.2, 0.25) is 0 Å². The monoisotopic (exact) mass is 561 g/mol. The molecule has 3 aliphatic rings. The quantitative estimate of drug-likeness (QED) is 0.340. The molecule has 0 spiro atoms. The van der Waals surface area contributed by atoms with Gasteiger partial charge in [-0.2, -0.15) is 0 Å². The van der Waals surface area contributed by atoms with Gasteiger partial charge in [-0.05, 0) is 65.2 Å². The highest BCUT2D eigenvalue weighted by molar-refractivity contribution is 5.95. The van der Waals surface area contributed by atoms with Crippen LogP contribution in [0.5, 0.6) is 34.5 Å². The van der Waals surface area contributed by atoms with Crippen LogP contribution in [-0.4, -0.2) is 50.6 Å². The number of rotatable bonds is 6. The molecule has 1 unspecified atom stereocenters. The summed E-state index contributed by atoms with van der Waals surface area (Å²) >= 11 is 0. The van der Waals surface area contributed by atoms with Gasteiger partial charge in [0.2, 0.25) is 12.5 Å². The van der Waals surface area contributed by atoms with Gasteiger partial charge in [-0.25, -0.2) is 0 Å². The number of hydrogen-bond acceptors (Lipinski definition) is 10. The number of nitrogens with one attached hydrogen (secondary N) is 1. The van der Waals surface area contributed by atoms with Crippen molar-refractivity contribution in [2.45, 2.75) is 18.9 Å². The molecule has 0 radical (unpaired) electrons. The summed E-state index contributed by atoms with van der Waals surface area (Å²) in [6.45, 7) is 1.44. The van der Waals surface area contributed by atoms with E-state index in [1.165, 1.54) is 33.3 Å². The fraction of sp³-hybridized carbons (Fsp3) is 0.300. The molecule has 1 fully saturated rings. The minimum atomic E-state index is -0.668. The first kappa shape index (κ1) is 26.3. The molecule has 2 aliphatic heterocycles. The number of phenols is 1. The number of hydrogen-bond donors (Lipinski definition) is 2. The highest BCUT2D eigenvalue weighted by Crippen LogP contribution is 2.55. The van der Waals surface area contributed by atoms with Crippen LogP contribution in [0, 0.1) is 11.8 Å². The summed E-state index contributed by atoms with van der Waals surface area (Å²) in [5, 5.41) is 13.6. The lowest BCUT2D eigenvalue weighted by atomic mass is 9.65. The zero-order valence-corrected chi connectivity index (χ0v) is 22.5. The van der Waals surface area contributed by atoms with Crippen molar-refractivity contribution in [3.8, 4) is 34.5 Å². The van der Waals surface area contributed by atoms with Crippen LogP contribution in [0.1, 0.15) is 45.9 Å². The maximum Gasteiger partial charge on any atom is 0.310 e. The molecule has 11 heteroatoms. The molecule has 3 aromatic carbocycles. The molecule has 0 saturated carbocycles. The van der Waals surface area contributed by atoms with Crippen LogP contribution >= 0.6 is 0 Å². The number of benzene rings is 3. The predicted octanol–water partition coefficient (Wildman–Crippen LogP) is 3.47. The van der Waals surface area contributed by atoms with E-state index in [0.717, 1.165) is 11.1 Å². The number of ether oxygens (including phenoxy) is 6. The minimum Gasteiger partial charge on any atom is -0.502 e. The number of fused-ring (bicyclic) bond motifs is 3. The average Bonchev–Trinajstić information content (AvgIpc) is 3.58. The molecule has 0 aromatic heterocycles. The molecule has 0 bridgehead atoms. The lowest BCUT2D eigenvalue weighted by molar-refractivity contribution is -0.141. The molecular weight excluding hydrogens is 534 g/mol. The molecule has 2 heterocycles. The number of aromatic hydroxyl groups is 1. The second-order valence-corrected chi connectivity index (χ2v) is 9.97. The molecule has 2 N–H and O–H groups in total. The second-order valence-electron chi connectivity index (χ2n) is 9.97. The standard InChI is InChI=1S/C30H27NO10/c1-14(32)41-17-6-4-15(5-7-17)29(34)31-27-19-11-22-21(39-13-40-22)10-18(19)25(26-20(27)12-38-30(26)35)16-8-23(36-2)28(33)24(9-16)37-3/h4-11,20,25-27,33H,12-13H2,1-3H3,(H,31,34)/t20?,25-,26+,27-/m1/s1. The molecular formula is C30H27NO10. The van der Waals surface area contributed by atoms with Gasteiger partial charge in [0.1, 0.15) is 5.75 Å². The second kappa shape index (κ2) is 10.2. The SMILES string of the molecule is COc1cc([C@@H]2c3cc4c(cc3[C@@H](NC(=O)c3ccc(OC(C)=O)cc3)C3COC(=O)[C@@H]32)OCO4)cc(OC)c1O. The van der Waals surface area contributed by atoms with E-state index in [4.69, 9.17) is 28.4 Å². The summed E-state index contributed by atoms with van der Waals surface area (Å²) in [6, 6.07) is 12.6. The van der Waals surface area contributed by atoms with Crippen LogP contribution in [-0.2, 0) is 14.3 Å². The Bertz CT molecular complexity index is 1520. The van der Waals surface area contributed by atoms with Crippen molar-refractivity contribution in [3.63, 3.8) is 0 Å². The lowest BCUT2D eigenvalue weighted by Gasteiger charge is -2.39.